The van der Waals surface area contributed by atoms with Gasteiger partial charge in [0.1, 0.15) is 5.75 Å². The van der Waals surface area contributed by atoms with E-state index in [2.05, 4.69) is 32.5 Å². The number of hydrogen-bond donors (Lipinski definition) is 5. The fraction of sp³-hybridized carbons (Fsp3) is 0.615. The summed E-state index contributed by atoms with van der Waals surface area (Å²) in [5.74, 6) is 0.705. The summed E-state index contributed by atoms with van der Waals surface area (Å²) in [6.45, 7) is 4.73. The lowest BCUT2D eigenvalue weighted by molar-refractivity contribution is 0.0115. The molecule has 1 saturated carbocycles. The number of aromatic nitrogens is 1. The van der Waals surface area contributed by atoms with Crippen LogP contribution in [0.3, 0.4) is 0 Å². The highest BCUT2D eigenvalue weighted by molar-refractivity contribution is 7.46. The number of piperazine rings is 1. The number of fused-ring (bicyclic) bond motifs is 1. The molecule has 12 heteroatoms. The van der Waals surface area contributed by atoms with Crippen molar-refractivity contribution in [3.05, 3.63) is 35.4 Å². The first-order valence-corrected chi connectivity index (χ1v) is 15.0. The third-order valence-electron chi connectivity index (χ3n) is 7.97. The van der Waals surface area contributed by atoms with Crippen molar-refractivity contribution in [3.63, 3.8) is 0 Å². The van der Waals surface area contributed by atoms with Crippen molar-refractivity contribution in [2.45, 2.75) is 69.8 Å². The number of hydrogen-bond acceptors (Lipinski definition) is 8. The van der Waals surface area contributed by atoms with Gasteiger partial charge in [-0.1, -0.05) is 12.1 Å². The van der Waals surface area contributed by atoms with E-state index in [4.69, 9.17) is 14.5 Å². The Balaban J connectivity index is 1.14. The summed E-state index contributed by atoms with van der Waals surface area (Å²) in [5, 5.41) is 31.7. The fourth-order valence-corrected chi connectivity index (χ4v) is 6.53. The van der Waals surface area contributed by atoms with Crippen LogP contribution in [0.4, 0.5) is 5.69 Å². The summed E-state index contributed by atoms with van der Waals surface area (Å²) >= 11 is 0. The minimum atomic E-state index is -4.80. The number of rotatable bonds is 9. The van der Waals surface area contributed by atoms with E-state index in [1.165, 1.54) is 17.4 Å². The molecule has 0 spiro atoms. The number of aromatic hydroxyl groups is 2. The lowest BCUT2D eigenvalue weighted by Gasteiger charge is -2.37. The normalized spacial score (nSPS) is 23.1. The lowest BCUT2D eigenvalue weighted by Crippen LogP contribution is -2.46. The summed E-state index contributed by atoms with van der Waals surface area (Å²) < 4.78 is 23.6. The van der Waals surface area contributed by atoms with Crippen molar-refractivity contribution in [1.82, 2.24) is 9.47 Å². The average Bonchev–Trinajstić information content (AvgIpc) is 3.47. The molecule has 2 atom stereocenters. The van der Waals surface area contributed by atoms with Gasteiger partial charge in [0.25, 0.3) is 0 Å². The van der Waals surface area contributed by atoms with Gasteiger partial charge in [0, 0.05) is 56.7 Å². The van der Waals surface area contributed by atoms with Crippen molar-refractivity contribution < 1.29 is 38.9 Å². The van der Waals surface area contributed by atoms with Crippen LogP contribution in [0.5, 0.6) is 17.5 Å². The summed E-state index contributed by atoms with van der Waals surface area (Å²) in [4.78, 5) is 22.9. The molecular formula is C26H38N3O8P. The lowest BCUT2D eigenvalue weighted by atomic mass is 9.90. The van der Waals surface area contributed by atoms with Crippen LogP contribution >= 0.6 is 7.82 Å². The van der Waals surface area contributed by atoms with Crippen LogP contribution < -0.4 is 9.64 Å². The Morgan fingerprint density at radius 1 is 0.921 bits per heavy atom. The monoisotopic (exact) mass is 551 g/mol. The topological polar surface area (TPSA) is 148 Å². The molecule has 38 heavy (non-hydrogen) atoms. The molecule has 210 valence electrons. The molecule has 2 aromatic rings. The Morgan fingerprint density at radius 2 is 1.58 bits per heavy atom. The second-order valence-corrected chi connectivity index (χ2v) is 11.7. The molecule has 1 aromatic carbocycles. The molecule has 0 bridgehead atoms. The maximum atomic E-state index is 11.2. The maximum absolute atomic E-state index is 11.2. The zero-order chi connectivity index (χ0) is 26.9. The van der Waals surface area contributed by atoms with Gasteiger partial charge in [-0.15, -0.1) is 0 Å². The number of ether oxygens (including phenoxy) is 1. The Labute approximate surface area is 222 Å². The summed E-state index contributed by atoms with van der Waals surface area (Å²) in [5.41, 5.74) is 1.90. The van der Waals surface area contributed by atoms with Gasteiger partial charge in [0.15, 0.2) is 11.8 Å². The Hall–Kier alpha value is -2.27. The van der Waals surface area contributed by atoms with Gasteiger partial charge in [0.2, 0.25) is 0 Å². The van der Waals surface area contributed by atoms with Crippen LogP contribution in [0.15, 0.2) is 24.3 Å². The molecule has 3 aliphatic rings. The molecule has 1 aliphatic heterocycles. The number of aliphatic hydroxyl groups is 1. The molecule has 2 aliphatic carbocycles. The standard InChI is InChI=1S/C26H38N3O8P/c30-22-16-19-20(17-24(22)37-38(33,34)35)26(32)29(25(19)31)11-5-10-27-12-14-28(15-13-27)21-8-3-4-9-23(21)36-18-6-1-2-7-18/h3-4,8-9,18,22,24,30-32H,1-2,5-7,10-17H2,(H2,33,34,35). The maximum Gasteiger partial charge on any atom is 0.469 e. The average molecular weight is 552 g/mol. The number of phosphoric ester groups is 1. The van der Waals surface area contributed by atoms with Crippen molar-refractivity contribution in [2.75, 3.05) is 37.6 Å². The van der Waals surface area contributed by atoms with Crippen molar-refractivity contribution >= 4 is 13.5 Å². The predicted molar refractivity (Wildman–Crippen MR) is 141 cm³/mol. The molecule has 5 rings (SSSR count). The van der Waals surface area contributed by atoms with Crippen LogP contribution in [0, 0.1) is 0 Å². The zero-order valence-electron chi connectivity index (χ0n) is 21.5. The van der Waals surface area contributed by atoms with Gasteiger partial charge in [-0.2, -0.15) is 0 Å². The van der Waals surface area contributed by atoms with Gasteiger partial charge in [-0.05, 0) is 50.8 Å². The highest BCUT2D eigenvalue weighted by Gasteiger charge is 2.38. The van der Waals surface area contributed by atoms with Crippen molar-refractivity contribution in [2.24, 2.45) is 0 Å². The van der Waals surface area contributed by atoms with E-state index in [1.807, 2.05) is 6.07 Å². The largest absolute Gasteiger partial charge is 0.494 e. The molecule has 0 radical (unpaired) electrons. The first-order chi connectivity index (χ1) is 18.2. The smallest absolute Gasteiger partial charge is 0.469 e. The van der Waals surface area contributed by atoms with Crippen LogP contribution in [0.25, 0.3) is 0 Å². The quantitative estimate of drug-likeness (QED) is 0.294. The van der Waals surface area contributed by atoms with E-state index >= 15 is 0 Å². The first kappa shape index (κ1) is 27.3. The summed E-state index contributed by atoms with van der Waals surface area (Å²) in [7, 11) is -4.80. The van der Waals surface area contributed by atoms with Gasteiger partial charge >= 0.3 is 7.82 Å². The van der Waals surface area contributed by atoms with E-state index in [0.717, 1.165) is 57.0 Å². The number of phosphoric acid groups is 1. The van der Waals surface area contributed by atoms with Crippen LogP contribution in [0.2, 0.25) is 0 Å². The Kier molecular flexibility index (Phi) is 8.23. The fourth-order valence-electron chi connectivity index (χ4n) is 5.97. The third kappa shape index (κ3) is 6.14. The number of benzene rings is 1. The summed E-state index contributed by atoms with van der Waals surface area (Å²) in [6.07, 6.45) is 3.23. The van der Waals surface area contributed by atoms with E-state index in [9.17, 15) is 19.9 Å². The summed E-state index contributed by atoms with van der Waals surface area (Å²) in [6, 6.07) is 8.28. The predicted octanol–water partition coefficient (Wildman–Crippen LogP) is 2.37. The molecule has 1 aromatic heterocycles. The molecule has 2 fully saturated rings. The molecule has 2 unspecified atom stereocenters. The molecular weight excluding hydrogens is 513 g/mol. The highest BCUT2D eigenvalue weighted by atomic mass is 31.2. The van der Waals surface area contributed by atoms with Crippen molar-refractivity contribution in [1.29, 1.82) is 0 Å². The van der Waals surface area contributed by atoms with E-state index < -0.39 is 20.0 Å². The minimum absolute atomic E-state index is 0.0553. The second kappa shape index (κ2) is 11.5. The Bertz CT molecular complexity index is 1150. The second-order valence-electron chi connectivity index (χ2n) is 10.5. The van der Waals surface area contributed by atoms with E-state index in [1.54, 1.807) is 0 Å². The van der Waals surface area contributed by atoms with Gasteiger partial charge in [-0.3, -0.25) is 14.0 Å². The van der Waals surface area contributed by atoms with Crippen LogP contribution in [-0.2, 0) is 28.5 Å². The number of aliphatic hydroxyl groups excluding tert-OH is 1. The number of anilines is 1. The van der Waals surface area contributed by atoms with Gasteiger partial charge in [0.05, 0.1) is 24.0 Å². The molecule has 11 nitrogen and oxygen atoms in total. The SMILES string of the molecule is O=P(O)(O)OC1Cc2c(c(O)n(CCCN3CCN(c4ccccc4OC4CCCC4)CC3)c2O)CC1O. The highest BCUT2D eigenvalue weighted by Crippen LogP contribution is 2.45. The number of nitrogens with zero attached hydrogens (tertiary/aromatic N) is 3. The van der Waals surface area contributed by atoms with Gasteiger partial charge in [-0.25, -0.2) is 4.57 Å². The molecule has 2 heterocycles. The zero-order valence-corrected chi connectivity index (χ0v) is 22.4. The third-order valence-corrected chi connectivity index (χ3v) is 8.51. The van der Waals surface area contributed by atoms with E-state index in [0.29, 0.717) is 30.2 Å². The Morgan fingerprint density at radius 3 is 2.26 bits per heavy atom. The van der Waals surface area contributed by atoms with Crippen molar-refractivity contribution in [3.8, 4) is 17.5 Å². The number of para-hydroxylation sites is 2. The molecule has 0 amide bonds. The van der Waals surface area contributed by atoms with Crippen LogP contribution in [-0.4, -0.2) is 85.6 Å². The van der Waals surface area contributed by atoms with Gasteiger partial charge < -0.3 is 34.7 Å². The first-order valence-electron chi connectivity index (χ1n) is 13.5. The molecule has 5 N–H and O–H groups in total. The van der Waals surface area contributed by atoms with E-state index in [-0.39, 0.29) is 24.6 Å². The molecule has 1 saturated heterocycles. The minimum Gasteiger partial charge on any atom is -0.494 e. The van der Waals surface area contributed by atoms with Crippen LogP contribution in [0.1, 0.15) is 43.2 Å².